The van der Waals surface area contributed by atoms with E-state index in [-0.39, 0.29) is 5.91 Å². The molecule has 1 atom stereocenters. The summed E-state index contributed by atoms with van der Waals surface area (Å²) < 4.78 is 5.47. The maximum absolute atomic E-state index is 12.8. The quantitative estimate of drug-likeness (QED) is 0.834. The third-order valence-electron chi connectivity index (χ3n) is 4.55. The average molecular weight is 340 g/mol. The van der Waals surface area contributed by atoms with E-state index in [0.29, 0.717) is 13.1 Å². The highest BCUT2D eigenvalue weighted by Crippen LogP contribution is 2.21. The SMILES string of the molecule is CCc1cc(N2CCN(C(=O)[C@H](OC)c3ccccc3)CC2)ncn1. The van der Waals surface area contributed by atoms with Crippen LogP contribution in [-0.4, -0.2) is 54.1 Å². The molecule has 0 radical (unpaired) electrons. The number of carbonyl (C=O) groups is 1. The van der Waals surface area contributed by atoms with Gasteiger partial charge in [-0.3, -0.25) is 4.79 Å². The van der Waals surface area contributed by atoms with Gasteiger partial charge in [-0.15, -0.1) is 0 Å². The Morgan fingerprint density at radius 3 is 2.52 bits per heavy atom. The van der Waals surface area contributed by atoms with E-state index in [0.717, 1.165) is 36.6 Å². The van der Waals surface area contributed by atoms with Crippen molar-refractivity contribution in [2.45, 2.75) is 19.4 Å². The van der Waals surface area contributed by atoms with Gasteiger partial charge in [0, 0.05) is 45.0 Å². The van der Waals surface area contributed by atoms with Gasteiger partial charge >= 0.3 is 0 Å². The predicted molar refractivity (Wildman–Crippen MR) is 96.4 cm³/mol. The summed E-state index contributed by atoms with van der Waals surface area (Å²) in [5, 5.41) is 0. The van der Waals surface area contributed by atoms with Gasteiger partial charge in [-0.2, -0.15) is 0 Å². The molecule has 25 heavy (non-hydrogen) atoms. The van der Waals surface area contributed by atoms with Crippen LogP contribution in [-0.2, 0) is 16.0 Å². The number of aromatic nitrogens is 2. The molecule has 6 heteroatoms. The first kappa shape index (κ1) is 17.4. The van der Waals surface area contributed by atoms with Crippen LogP contribution < -0.4 is 4.90 Å². The van der Waals surface area contributed by atoms with Gasteiger partial charge < -0.3 is 14.5 Å². The lowest BCUT2D eigenvalue weighted by atomic mass is 10.1. The average Bonchev–Trinajstić information content (AvgIpc) is 2.69. The van der Waals surface area contributed by atoms with E-state index in [4.69, 9.17) is 4.74 Å². The summed E-state index contributed by atoms with van der Waals surface area (Å²) in [6.07, 6.45) is 1.96. The Hall–Kier alpha value is -2.47. The number of methoxy groups -OCH3 is 1. The third kappa shape index (κ3) is 3.96. The lowest BCUT2D eigenvalue weighted by Crippen LogP contribution is -2.50. The summed E-state index contributed by atoms with van der Waals surface area (Å²) in [6.45, 7) is 4.93. The van der Waals surface area contributed by atoms with Crippen LogP contribution in [0.3, 0.4) is 0 Å². The van der Waals surface area contributed by atoms with Crippen LogP contribution >= 0.6 is 0 Å². The Bertz CT molecular complexity index is 700. The number of carbonyl (C=O) groups excluding carboxylic acids is 1. The molecule has 0 aliphatic carbocycles. The summed E-state index contributed by atoms with van der Waals surface area (Å²) in [5.74, 6) is 0.954. The molecule has 0 saturated carbocycles. The Morgan fingerprint density at radius 1 is 1.16 bits per heavy atom. The standard InChI is InChI=1S/C19H24N4O2/c1-3-16-13-17(21-14-20-16)22-9-11-23(12-10-22)19(24)18(25-2)15-7-5-4-6-8-15/h4-8,13-14,18H,3,9-12H2,1-2H3/t18-/m1/s1. The van der Waals surface area contributed by atoms with E-state index in [1.807, 2.05) is 41.3 Å². The number of hydrogen-bond acceptors (Lipinski definition) is 5. The number of aryl methyl sites for hydroxylation is 1. The number of benzene rings is 1. The molecule has 0 N–H and O–H groups in total. The first-order valence-electron chi connectivity index (χ1n) is 8.65. The van der Waals surface area contributed by atoms with Crippen molar-refractivity contribution in [3.8, 4) is 0 Å². The lowest BCUT2D eigenvalue weighted by Gasteiger charge is -2.36. The highest BCUT2D eigenvalue weighted by atomic mass is 16.5. The first-order chi connectivity index (χ1) is 12.2. The Labute approximate surface area is 148 Å². The third-order valence-corrected chi connectivity index (χ3v) is 4.55. The smallest absolute Gasteiger partial charge is 0.256 e. The number of anilines is 1. The minimum absolute atomic E-state index is 0.0188. The molecule has 1 saturated heterocycles. The van der Waals surface area contributed by atoms with Crippen LogP contribution in [0.4, 0.5) is 5.82 Å². The fraction of sp³-hybridized carbons (Fsp3) is 0.421. The predicted octanol–water partition coefficient (Wildman–Crippen LogP) is 2.08. The van der Waals surface area contributed by atoms with Crippen molar-refractivity contribution in [2.75, 3.05) is 38.2 Å². The van der Waals surface area contributed by atoms with Crippen LogP contribution in [0.15, 0.2) is 42.7 Å². The van der Waals surface area contributed by atoms with E-state index in [1.54, 1.807) is 13.4 Å². The molecular formula is C19H24N4O2. The van der Waals surface area contributed by atoms with Crippen molar-refractivity contribution in [2.24, 2.45) is 0 Å². The molecule has 2 heterocycles. The normalized spacial score (nSPS) is 15.9. The zero-order valence-corrected chi connectivity index (χ0v) is 14.8. The monoisotopic (exact) mass is 340 g/mol. The molecule has 1 aromatic carbocycles. The van der Waals surface area contributed by atoms with Gasteiger partial charge in [0.15, 0.2) is 6.10 Å². The number of piperazine rings is 1. The maximum Gasteiger partial charge on any atom is 0.256 e. The highest BCUT2D eigenvalue weighted by Gasteiger charge is 2.28. The summed E-state index contributed by atoms with van der Waals surface area (Å²) in [5.41, 5.74) is 1.92. The van der Waals surface area contributed by atoms with Gasteiger partial charge in [0.1, 0.15) is 12.1 Å². The van der Waals surface area contributed by atoms with Gasteiger partial charge in [-0.25, -0.2) is 9.97 Å². The molecule has 1 aromatic heterocycles. The second kappa shape index (κ2) is 8.07. The number of hydrogen-bond donors (Lipinski definition) is 0. The molecule has 1 amide bonds. The molecule has 6 nitrogen and oxygen atoms in total. The van der Waals surface area contributed by atoms with Crippen molar-refractivity contribution in [3.63, 3.8) is 0 Å². The van der Waals surface area contributed by atoms with Crippen LogP contribution in [0.25, 0.3) is 0 Å². The summed E-state index contributed by atoms with van der Waals surface area (Å²) in [6, 6.07) is 11.7. The highest BCUT2D eigenvalue weighted by molar-refractivity contribution is 5.82. The number of nitrogens with zero attached hydrogens (tertiary/aromatic N) is 4. The van der Waals surface area contributed by atoms with E-state index in [2.05, 4.69) is 21.8 Å². The van der Waals surface area contributed by atoms with Gasteiger partial charge in [0.2, 0.25) is 0 Å². The Kier molecular flexibility index (Phi) is 5.60. The molecule has 1 aliphatic rings. The zero-order chi connectivity index (χ0) is 17.6. The largest absolute Gasteiger partial charge is 0.367 e. The van der Waals surface area contributed by atoms with Crippen molar-refractivity contribution in [3.05, 3.63) is 54.0 Å². The van der Waals surface area contributed by atoms with E-state index < -0.39 is 6.10 Å². The maximum atomic E-state index is 12.8. The molecule has 132 valence electrons. The van der Waals surface area contributed by atoms with Crippen LogP contribution in [0.5, 0.6) is 0 Å². The topological polar surface area (TPSA) is 58.6 Å². The fourth-order valence-corrected chi connectivity index (χ4v) is 3.08. The number of ether oxygens (including phenoxy) is 1. The molecular weight excluding hydrogens is 316 g/mol. The van der Waals surface area contributed by atoms with E-state index >= 15 is 0 Å². The van der Waals surface area contributed by atoms with Crippen molar-refractivity contribution in [1.82, 2.24) is 14.9 Å². The van der Waals surface area contributed by atoms with Gasteiger partial charge in [0.05, 0.1) is 0 Å². The zero-order valence-electron chi connectivity index (χ0n) is 14.8. The fourth-order valence-electron chi connectivity index (χ4n) is 3.08. The molecule has 3 rings (SSSR count). The van der Waals surface area contributed by atoms with Gasteiger partial charge in [0.25, 0.3) is 5.91 Å². The van der Waals surface area contributed by atoms with Crippen LogP contribution in [0, 0.1) is 0 Å². The number of rotatable bonds is 5. The summed E-state index contributed by atoms with van der Waals surface area (Å²) >= 11 is 0. The van der Waals surface area contributed by atoms with Gasteiger partial charge in [-0.05, 0) is 12.0 Å². The molecule has 0 spiro atoms. The van der Waals surface area contributed by atoms with Crippen LogP contribution in [0.2, 0.25) is 0 Å². The van der Waals surface area contributed by atoms with E-state index in [1.165, 1.54) is 0 Å². The molecule has 0 bridgehead atoms. The van der Waals surface area contributed by atoms with Crippen molar-refractivity contribution in [1.29, 1.82) is 0 Å². The second-order valence-corrected chi connectivity index (χ2v) is 6.06. The Balaban J connectivity index is 1.64. The molecule has 1 fully saturated rings. The second-order valence-electron chi connectivity index (χ2n) is 6.06. The number of amides is 1. The Morgan fingerprint density at radius 2 is 1.88 bits per heavy atom. The summed E-state index contributed by atoms with van der Waals surface area (Å²) in [7, 11) is 1.58. The van der Waals surface area contributed by atoms with Crippen molar-refractivity contribution < 1.29 is 9.53 Å². The van der Waals surface area contributed by atoms with Crippen molar-refractivity contribution >= 4 is 11.7 Å². The van der Waals surface area contributed by atoms with Gasteiger partial charge in [-0.1, -0.05) is 37.3 Å². The molecule has 0 unspecified atom stereocenters. The molecule has 2 aromatic rings. The van der Waals surface area contributed by atoms with E-state index in [9.17, 15) is 4.79 Å². The first-order valence-corrected chi connectivity index (χ1v) is 8.65. The minimum Gasteiger partial charge on any atom is -0.367 e. The minimum atomic E-state index is -0.543. The summed E-state index contributed by atoms with van der Waals surface area (Å²) in [4.78, 5) is 25.5. The lowest BCUT2D eigenvalue weighted by molar-refractivity contribution is -0.142. The molecule has 1 aliphatic heterocycles. The van der Waals surface area contributed by atoms with Crippen LogP contribution in [0.1, 0.15) is 24.3 Å².